The molecular weight excluding hydrogens is 254 g/mol. The van der Waals surface area contributed by atoms with Crippen molar-refractivity contribution >= 4 is 11.8 Å². The number of halogens is 2. The van der Waals surface area contributed by atoms with E-state index >= 15 is 0 Å². The van der Waals surface area contributed by atoms with Gasteiger partial charge >= 0.3 is 0 Å². The molecule has 102 valence electrons. The molecule has 0 radical (unpaired) electrons. The van der Waals surface area contributed by atoms with Gasteiger partial charge in [0, 0.05) is 13.1 Å². The number of likely N-dealkylation sites (tertiary alicyclic amines) is 1. The van der Waals surface area contributed by atoms with Crippen LogP contribution in [0.1, 0.15) is 23.2 Å². The van der Waals surface area contributed by atoms with Crippen molar-refractivity contribution < 1.29 is 18.4 Å². The van der Waals surface area contributed by atoms with Gasteiger partial charge in [0.15, 0.2) is 11.6 Å². The van der Waals surface area contributed by atoms with E-state index in [-0.39, 0.29) is 12.5 Å². The first kappa shape index (κ1) is 13.5. The molecule has 1 fully saturated rings. The number of hydrogen-bond donors (Lipinski definition) is 1. The minimum Gasteiger partial charge on any atom is -0.343 e. The van der Waals surface area contributed by atoms with Crippen LogP contribution in [0.2, 0.25) is 0 Å². The quantitative estimate of drug-likeness (QED) is 0.898. The van der Waals surface area contributed by atoms with Gasteiger partial charge in [-0.1, -0.05) is 6.07 Å². The lowest BCUT2D eigenvalue weighted by molar-refractivity contribution is -0.129. The highest BCUT2D eigenvalue weighted by atomic mass is 19.2. The number of carbonyl (C=O) groups is 2. The number of carbonyl (C=O) groups excluding carboxylic acids is 2. The minimum atomic E-state index is -1.20. The van der Waals surface area contributed by atoms with Gasteiger partial charge in [-0.15, -0.1) is 0 Å². The predicted molar refractivity (Wildman–Crippen MR) is 64.5 cm³/mol. The van der Waals surface area contributed by atoms with Crippen molar-refractivity contribution in [2.24, 2.45) is 0 Å². The Morgan fingerprint density at radius 3 is 2.58 bits per heavy atom. The maximum atomic E-state index is 13.3. The van der Waals surface area contributed by atoms with Crippen LogP contribution >= 0.6 is 0 Å². The third kappa shape index (κ3) is 3.07. The van der Waals surface area contributed by atoms with Gasteiger partial charge in [0.25, 0.3) is 5.91 Å². The summed E-state index contributed by atoms with van der Waals surface area (Å²) in [6.07, 6.45) is 1.91. The van der Waals surface area contributed by atoms with E-state index in [2.05, 4.69) is 5.32 Å². The van der Waals surface area contributed by atoms with Gasteiger partial charge in [0.05, 0.1) is 12.1 Å². The van der Waals surface area contributed by atoms with Gasteiger partial charge in [-0.2, -0.15) is 0 Å². The molecule has 6 heteroatoms. The van der Waals surface area contributed by atoms with Gasteiger partial charge < -0.3 is 10.2 Å². The first-order valence-electron chi connectivity index (χ1n) is 6.09. The van der Waals surface area contributed by atoms with E-state index in [1.54, 1.807) is 4.90 Å². The van der Waals surface area contributed by atoms with Crippen LogP contribution < -0.4 is 5.32 Å². The van der Waals surface area contributed by atoms with Gasteiger partial charge in [0.2, 0.25) is 5.91 Å². The van der Waals surface area contributed by atoms with Crippen molar-refractivity contribution in [3.63, 3.8) is 0 Å². The fraction of sp³-hybridized carbons (Fsp3) is 0.385. The molecule has 1 aromatic rings. The smallest absolute Gasteiger partial charge is 0.254 e. The Balaban J connectivity index is 1.94. The maximum absolute atomic E-state index is 13.3. The van der Waals surface area contributed by atoms with Gasteiger partial charge in [-0.3, -0.25) is 9.59 Å². The second kappa shape index (κ2) is 5.77. The van der Waals surface area contributed by atoms with Crippen molar-refractivity contribution in [2.75, 3.05) is 19.6 Å². The molecule has 0 atom stereocenters. The van der Waals surface area contributed by atoms with Crippen molar-refractivity contribution in [2.45, 2.75) is 12.8 Å². The molecule has 1 saturated heterocycles. The van der Waals surface area contributed by atoms with Crippen LogP contribution in [-0.4, -0.2) is 36.3 Å². The molecule has 0 aromatic heterocycles. The molecule has 0 unspecified atom stereocenters. The van der Waals surface area contributed by atoms with E-state index < -0.39 is 23.1 Å². The highest BCUT2D eigenvalue weighted by Crippen LogP contribution is 2.11. The molecule has 0 saturated carbocycles. The number of amides is 2. The highest BCUT2D eigenvalue weighted by Gasteiger charge is 2.20. The molecular formula is C13H14F2N2O2. The number of hydrogen-bond acceptors (Lipinski definition) is 2. The summed E-state index contributed by atoms with van der Waals surface area (Å²) in [6, 6.07) is 3.35. The topological polar surface area (TPSA) is 49.4 Å². The standard InChI is InChI=1S/C13H14F2N2O2/c14-10-5-3-4-9(12(10)15)13(19)16-8-11(18)17-6-1-2-7-17/h3-5H,1-2,6-8H2,(H,16,19). The van der Waals surface area contributed by atoms with Crippen molar-refractivity contribution in [3.8, 4) is 0 Å². The molecule has 1 N–H and O–H groups in total. The number of nitrogens with zero attached hydrogens (tertiary/aromatic N) is 1. The number of benzene rings is 1. The molecule has 1 aliphatic heterocycles. The van der Waals surface area contributed by atoms with E-state index in [0.717, 1.165) is 18.9 Å². The Kier molecular flexibility index (Phi) is 4.09. The lowest BCUT2D eigenvalue weighted by Gasteiger charge is -2.15. The normalized spacial score (nSPS) is 14.5. The summed E-state index contributed by atoms with van der Waals surface area (Å²) in [6.45, 7) is 1.17. The van der Waals surface area contributed by atoms with Crippen molar-refractivity contribution in [3.05, 3.63) is 35.4 Å². The number of rotatable bonds is 3. The third-order valence-electron chi connectivity index (χ3n) is 3.06. The monoisotopic (exact) mass is 268 g/mol. The Bertz CT molecular complexity index is 499. The first-order valence-corrected chi connectivity index (χ1v) is 6.09. The minimum absolute atomic E-state index is 0.200. The highest BCUT2D eigenvalue weighted by molar-refractivity contribution is 5.96. The summed E-state index contributed by atoms with van der Waals surface area (Å²) in [4.78, 5) is 25.0. The van der Waals surface area contributed by atoms with E-state index in [0.29, 0.717) is 13.1 Å². The molecule has 4 nitrogen and oxygen atoms in total. The van der Waals surface area contributed by atoms with Crippen LogP contribution in [0.5, 0.6) is 0 Å². The number of nitrogens with one attached hydrogen (secondary N) is 1. The Morgan fingerprint density at radius 1 is 1.21 bits per heavy atom. The van der Waals surface area contributed by atoms with Crippen molar-refractivity contribution in [1.29, 1.82) is 0 Å². The summed E-state index contributed by atoms with van der Waals surface area (Å²) < 4.78 is 26.3. The predicted octanol–water partition coefficient (Wildman–Crippen LogP) is 1.32. The second-order valence-electron chi connectivity index (χ2n) is 4.37. The van der Waals surface area contributed by atoms with Crippen LogP contribution in [0.25, 0.3) is 0 Å². The molecule has 1 aliphatic rings. The van der Waals surface area contributed by atoms with Crippen LogP contribution in [0.15, 0.2) is 18.2 Å². The zero-order valence-electron chi connectivity index (χ0n) is 10.3. The van der Waals surface area contributed by atoms with E-state index in [1.807, 2.05) is 0 Å². The lowest BCUT2D eigenvalue weighted by atomic mass is 10.2. The Hall–Kier alpha value is -1.98. The van der Waals surface area contributed by atoms with Crippen LogP contribution in [0.4, 0.5) is 8.78 Å². The summed E-state index contributed by atoms with van der Waals surface area (Å²) in [5.41, 5.74) is -0.394. The molecule has 19 heavy (non-hydrogen) atoms. The third-order valence-corrected chi connectivity index (χ3v) is 3.06. The molecule has 2 amide bonds. The zero-order valence-corrected chi connectivity index (χ0v) is 10.3. The summed E-state index contributed by atoms with van der Waals surface area (Å²) in [5, 5.41) is 2.31. The molecule has 0 bridgehead atoms. The first-order chi connectivity index (χ1) is 9.09. The molecule has 0 aliphatic carbocycles. The Labute approximate surface area is 109 Å². The van der Waals surface area contributed by atoms with Crippen LogP contribution in [-0.2, 0) is 4.79 Å². The van der Waals surface area contributed by atoms with E-state index in [9.17, 15) is 18.4 Å². The van der Waals surface area contributed by atoms with Crippen LogP contribution in [0, 0.1) is 11.6 Å². The second-order valence-corrected chi connectivity index (χ2v) is 4.37. The fourth-order valence-electron chi connectivity index (χ4n) is 2.01. The van der Waals surface area contributed by atoms with Gasteiger partial charge in [-0.25, -0.2) is 8.78 Å². The zero-order chi connectivity index (χ0) is 13.8. The molecule has 1 aromatic carbocycles. The molecule has 0 spiro atoms. The fourth-order valence-corrected chi connectivity index (χ4v) is 2.01. The van der Waals surface area contributed by atoms with E-state index in [4.69, 9.17) is 0 Å². The molecule has 2 rings (SSSR count). The SMILES string of the molecule is O=C(NCC(=O)N1CCCC1)c1cccc(F)c1F. The maximum Gasteiger partial charge on any atom is 0.254 e. The molecule has 1 heterocycles. The average Bonchev–Trinajstić information content (AvgIpc) is 2.93. The summed E-state index contributed by atoms with van der Waals surface area (Å²) >= 11 is 0. The largest absolute Gasteiger partial charge is 0.343 e. The van der Waals surface area contributed by atoms with Crippen molar-refractivity contribution in [1.82, 2.24) is 10.2 Å². The van der Waals surface area contributed by atoms with Gasteiger partial charge in [0.1, 0.15) is 0 Å². The van der Waals surface area contributed by atoms with Crippen LogP contribution in [0.3, 0.4) is 0 Å². The average molecular weight is 268 g/mol. The van der Waals surface area contributed by atoms with E-state index in [1.165, 1.54) is 12.1 Å². The Morgan fingerprint density at radius 2 is 1.89 bits per heavy atom. The lowest BCUT2D eigenvalue weighted by Crippen LogP contribution is -2.38. The summed E-state index contributed by atoms with van der Waals surface area (Å²) in [7, 11) is 0. The summed E-state index contributed by atoms with van der Waals surface area (Å²) in [5.74, 6) is -3.28. The van der Waals surface area contributed by atoms with Gasteiger partial charge in [-0.05, 0) is 25.0 Å².